The predicted molar refractivity (Wildman–Crippen MR) is 85.2 cm³/mol. The molecular formula is C17H26N2O2. The molecule has 0 saturated heterocycles. The molecule has 1 aliphatic carbocycles. The van der Waals surface area contributed by atoms with Crippen LogP contribution in [-0.2, 0) is 4.74 Å². The number of hydrogen-bond donors (Lipinski definition) is 2. The number of rotatable bonds is 6. The van der Waals surface area contributed by atoms with Gasteiger partial charge in [0.05, 0.1) is 5.56 Å². The lowest BCUT2D eigenvalue weighted by molar-refractivity contribution is 0.0340. The van der Waals surface area contributed by atoms with E-state index < -0.39 is 0 Å². The van der Waals surface area contributed by atoms with Gasteiger partial charge in [-0.1, -0.05) is 19.3 Å². The van der Waals surface area contributed by atoms with Crippen LogP contribution >= 0.6 is 0 Å². The molecular weight excluding hydrogens is 264 g/mol. The van der Waals surface area contributed by atoms with Crippen molar-refractivity contribution in [1.29, 1.82) is 0 Å². The van der Waals surface area contributed by atoms with E-state index in [9.17, 15) is 4.79 Å². The maximum atomic E-state index is 11.9. The third-order valence-electron chi connectivity index (χ3n) is 4.04. The Labute approximate surface area is 127 Å². The second-order valence-corrected chi connectivity index (χ2v) is 6.00. The fraction of sp³-hybridized carbons (Fsp3) is 0.588. The molecule has 0 amide bonds. The molecule has 0 aliphatic heterocycles. The van der Waals surface area contributed by atoms with E-state index in [4.69, 9.17) is 10.5 Å². The number of anilines is 1. The molecule has 21 heavy (non-hydrogen) atoms. The van der Waals surface area contributed by atoms with Crippen LogP contribution in [0.25, 0.3) is 0 Å². The third-order valence-corrected chi connectivity index (χ3v) is 4.04. The highest BCUT2D eigenvalue weighted by Crippen LogP contribution is 2.22. The number of carbonyl (C=O) groups is 1. The number of nitrogens with two attached hydrogens (primary N) is 1. The van der Waals surface area contributed by atoms with Crippen molar-refractivity contribution in [1.82, 2.24) is 5.32 Å². The summed E-state index contributed by atoms with van der Waals surface area (Å²) in [5, 5.41) is 3.42. The minimum Gasteiger partial charge on any atom is -0.458 e. The van der Waals surface area contributed by atoms with Gasteiger partial charge in [0.15, 0.2) is 0 Å². The maximum absolute atomic E-state index is 11.9. The van der Waals surface area contributed by atoms with Gasteiger partial charge in [-0.3, -0.25) is 0 Å². The van der Waals surface area contributed by atoms with Gasteiger partial charge in [-0.2, -0.15) is 0 Å². The molecule has 1 aromatic carbocycles. The molecule has 0 radical (unpaired) electrons. The van der Waals surface area contributed by atoms with Crippen LogP contribution in [0, 0.1) is 5.92 Å². The molecule has 1 aliphatic rings. The van der Waals surface area contributed by atoms with Crippen LogP contribution in [0.15, 0.2) is 24.3 Å². The highest BCUT2D eigenvalue weighted by Gasteiger charge is 2.15. The molecule has 0 heterocycles. The Morgan fingerprint density at radius 3 is 2.62 bits per heavy atom. The summed E-state index contributed by atoms with van der Waals surface area (Å²) in [4.78, 5) is 11.9. The summed E-state index contributed by atoms with van der Waals surface area (Å²) in [5.74, 6) is 0.501. The van der Waals surface area contributed by atoms with Crippen molar-refractivity contribution in [2.45, 2.75) is 45.1 Å². The van der Waals surface area contributed by atoms with E-state index in [1.165, 1.54) is 32.1 Å². The van der Waals surface area contributed by atoms with Gasteiger partial charge in [-0.05, 0) is 56.5 Å². The van der Waals surface area contributed by atoms with Crippen molar-refractivity contribution in [3.05, 3.63) is 29.8 Å². The van der Waals surface area contributed by atoms with Crippen LogP contribution in [0.1, 0.15) is 49.4 Å². The zero-order valence-corrected chi connectivity index (χ0v) is 12.8. The van der Waals surface area contributed by atoms with E-state index >= 15 is 0 Å². The number of hydrogen-bond acceptors (Lipinski definition) is 4. The summed E-state index contributed by atoms with van der Waals surface area (Å²) >= 11 is 0. The summed E-state index contributed by atoms with van der Waals surface area (Å²) in [6.45, 7) is 3.66. The topological polar surface area (TPSA) is 64.3 Å². The van der Waals surface area contributed by atoms with E-state index in [2.05, 4.69) is 5.32 Å². The lowest BCUT2D eigenvalue weighted by Crippen LogP contribution is -2.32. The van der Waals surface area contributed by atoms with Crippen molar-refractivity contribution in [3.8, 4) is 0 Å². The number of nitrogens with one attached hydrogen (secondary N) is 1. The van der Waals surface area contributed by atoms with Gasteiger partial charge >= 0.3 is 5.97 Å². The van der Waals surface area contributed by atoms with E-state index in [0.717, 1.165) is 12.5 Å². The van der Waals surface area contributed by atoms with Gasteiger partial charge in [-0.15, -0.1) is 0 Å². The molecule has 1 unspecified atom stereocenters. The molecule has 0 bridgehead atoms. The van der Waals surface area contributed by atoms with Crippen LogP contribution in [0.4, 0.5) is 5.69 Å². The molecule has 4 nitrogen and oxygen atoms in total. The smallest absolute Gasteiger partial charge is 0.338 e. The van der Waals surface area contributed by atoms with Crippen LogP contribution in [0.3, 0.4) is 0 Å². The molecule has 2 rings (SSSR count). The highest BCUT2D eigenvalue weighted by atomic mass is 16.5. The van der Waals surface area contributed by atoms with Gasteiger partial charge < -0.3 is 15.8 Å². The van der Waals surface area contributed by atoms with Crippen molar-refractivity contribution in [2.24, 2.45) is 5.92 Å². The Morgan fingerprint density at radius 2 is 1.95 bits per heavy atom. The molecule has 1 aromatic rings. The number of carbonyl (C=O) groups excluding carboxylic acids is 1. The minimum atomic E-state index is -0.290. The average Bonchev–Trinajstić information content (AvgIpc) is 2.49. The standard InChI is InChI=1S/C17H26N2O2/c1-13(11-19-12-14-5-3-2-4-6-14)21-17(20)15-7-9-16(18)10-8-15/h7-10,13-14,19H,2-6,11-12,18H2,1H3. The van der Waals surface area contributed by atoms with Crippen LogP contribution in [-0.4, -0.2) is 25.2 Å². The van der Waals surface area contributed by atoms with Crippen LogP contribution in [0.5, 0.6) is 0 Å². The molecule has 116 valence electrons. The van der Waals surface area contributed by atoms with Gasteiger partial charge in [0.2, 0.25) is 0 Å². The second-order valence-electron chi connectivity index (χ2n) is 6.00. The Morgan fingerprint density at radius 1 is 1.29 bits per heavy atom. The van der Waals surface area contributed by atoms with E-state index in [0.29, 0.717) is 17.8 Å². The first-order valence-electron chi connectivity index (χ1n) is 7.92. The lowest BCUT2D eigenvalue weighted by atomic mass is 9.89. The first kappa shape index (κ1) is 15.8. The zero-order valence-electron chi connectivity index (χ0n) is 12.8. The summed E-state index contributed by atoms with van der Waals surface area (Å²) in [6, 6.07) is 6.81. The molecule has 3 N–H and O–H groups in total. The predicted octanol–water partition coefficient (Wildman–Crippen LogP) is 2.98. The summed E-state index contributed by atoms with van der Waals surface area (Å²) < 4.78 is 5.42. The second kappa shape index (κ2) is 8.03. The number of ether oxygens (including phenoxy) is 1. The van der Waals surface area contributed by atoms with E-state index in [-0.39, 0.29) is 12.1 Å². The zero-order chi connectivity index (χ0) is 15.1. The number of esters is 1. The first-order chi connectivity index (χ1) is 10.1. The maximum Gasteiger partial charge on any atom is 0.338 e. The Hall–Kier alpha value is -1.55. The lowest BCUT2D eigenvalue weighted by Gasteiger charge is -2.22. The number of nitrogen functional groups attached to an aromatic ring is 1. The Bertz CT molecular complexity index is 439. The monoisotopic (exact) mass is 290 g/mol. The Kier molecular flexibility index (Phi) is 6.05. The van der Waals surface area contributed by atoms with E-state index in [1.807, 2.05) is 6.92 Å². The normalized spacial score (nSPS) is 17.4. The molecule has 0 spiro atoms. The largest absolute Gasteiger partial charge is 0.458 e. The number of benzene rings is 1. The molecule has 4 heteroatoms. The summed E-state index contributed by atoms with van der Waals surface area (Å²) in [5.41, 5.74) is 6.79. The van der Waals surface area contributed by atoms with Gasteiger partial charge in [-0.25, -0.2) is 4.79 Å². The SMILES string of the molecule is CC(CNCC1CCCCC1)OC(=O)c1ccc(N)cc1. The fourth-order valence-electron chi connectivity index (χ4n) is 2.79. The first-order valence-corrected chi connectivity index (χ1v) is 7.92. The highest BCUT2D eigenvalue weighted by molar-refractivity contribution is 5.89. The van der Waals surface area contributed by atoms with Gasteiger partial charge in [0.1, 0.15) is 6.10 Å². The van der Waals surface area contributed by atoms with E-state index in [1.54, 1.807) is 24.3 Å². The third kappa shape index (κ3) is 5.38. The van der Waals surface area contributed by atoms with Crippen LogP contribution < -0.4 is 11.1 Å². The van der Waals surface area contributed by atoms with Crippen molar-refractivity contribution in [2.75, 3.05) is 18.8 Å². The van der Waals surface area contributed by atoms with Gasteiger partial charge in [0, 0.05) is 12.2 Å². The Balaban J connectivity index is 1.67. The quantitative estimate of drug-likeness (QED) is 0.624. The van der Waals surface area contributed by atoms with Crippen molar-refractivity contribution >= 4 is 11.7 Å². The molecule has 1 fully saturated rings. The van der Waals surface area contributed by atoms with Gasteiger partial charge in [0.25, 0.3) is 0 Å². The molecule has 1 atom stereocenters. The van der Waals surface area contributed by atoms with Crippen molar-refractivity contribution < 1.29 is 9.53 Å². The molecule has 1 saturated carbocycles. The minimum absolute atomic E-state index is 0.126. The fourth-order valence-corrected chi connectivity index (χ4v) is 2.79. The van der Waals surface area contributed by atoms with Crippen molar-refractivity contribution in [3.63, 3.8) is 0 Å². The average molecular weight is 290 g/mol. The summed E-state index contributed by atoms with van der Waals surface area (Å²) in [6.07, 6.45) is 6.62. The summed E-state index contributed by atoms with van der Waals surface area (Å²) in [7, 11) is 0. The molecule has 0 aromatic heterocycles. The van der Waals surface area contributed by atoms with Crippen LogP contribution in [0.2, 0.25) is 0 Å².